The Morgan fingerprint density at radius 1 is 0.930 bits per heavy atom. The van der Waals surface area contributed by atoms with E-state index in [0.717, 1.165) is 0 Å². The van der Waals surface area contributed by atoms with Crippen molar-refractivity contribution < 1.29 is 33.5 Å². The van der Waals surface area contributed by atoms with E-state index in [1.165, 1.54) is 16.7 Å². The average molecular weight is 607 g/mol. The summed E-state index contributed by atoms with van der Waals surface area (Å²) in [5.74, 6) is -1.47. The Balaban J connectivity index is 2.76. The molecule has 0 aliphatic heterocycles. The molecule has 0 aliphatic rings. The molecule has 1 rings (SSSR count). The Hall–Kier alpha value is -3.74. The van der Waals surface area contributed by atoms with Crippen LogP contribution in [0.25, 0.3) is 0 Å². The second kappa shape index (κ2) is 19.4. The normalized spacial score (nSPS) is 13.1. The van der Waals surface area contributed by atoms with Crippen LogP contribution in [-0.4, -0.2) is 92.9 Å². The maximum atomic E-state index is 13.4. The second-order valence-electron chi connectivity index (χ2n) is 11.3. The number of hydrogen-bond acceptors (Lipinski definition) is 7. The van der Waals surface area contributed by atoms with Gasteiger partial charge in [0, 0.05) is 43.0 Å². The predicted molar refractivity (Wildman–Crippen MR) is 163 cm³/mol. The van der Waals surface area contributed by atoms with E-state index >= 15 is 0 Å². The first-order chi connectivity index (χ1) is 20.3. The number of carbonyl (C=O) groups is 5. The second-order valence-corrected chi connectivity index (χ2v) is 11.3. The van der Waals surface area contributed by atoms with Gasteiger partial charge in [-0.25, -0.2) is 0 Å². The van der Waals surface area contributed by atoms with Gasteiger partial charge in [0.2, 0.25) is 36.0 Å². The quantitative estimate of drug-likeness (QED) is 0.136. The van der Waals surface area contributed by atoms with Crippen molar-refractivity contribution in [3.05, 3.63) is 30.1 Å². The van der Waals surface area contributed by atoms with Crippen LogP contribution in [-0.2, 0) is 19.2 Å². The molecule has 13 nitrogen and oxygen atoms in total. The van der Waals surface area contributed by atoms with Crippen molar-refractivity contribution in [2.24, 2.45) is 11.8 Å². The van der Waals surface area contributed by atoms with E-state index in [2.05, 4.69) is 26.6 Å². The standard InChI is InChI=1S/C30H51N7O6/c1-9-11-24(36(7)26(39)19-33-28(40)22-12-14-37(43-8)15-13-22)29(41)34-23(16-20(3)4)17-31-18-25(38)35-27(21(5)6)30(42)32-10-2/h12-15,20-21,23-24,27,31H,9-11,16-19H2,1-8H3,(H3-,32,33,34,35,38,40,41,42)/p+1. The summed E-state index contributed by atoms with van der Waals surface area (Å²) in [6.07, 6.45) is 4.92. The van der Waals surface area contributed by atoms with Gasteiger partial charge in [0.1, 0.15) is 19.2 Å². The van der Waals surface area contributed by atoms with Gasteiger partial charge in [-0.2, -0.15) is 0 Å². The van der Waals surface area contributed by atoms with Crippen molar-refractivity contribution in [1.29, 1.82) is 0 Å². The van der Waals surface area contributed by atoms with Crippen LogP contribution in [0.1, 0.15) is 71.2 Å². The van der Waals surface area contributed by atoms with Crippen LogP contribution in [0.3, 0.4) is 0 Å². The molecule has 5 N–H and O–H groups in total. The zero-order valence-corrected chi connectivity index (χ0v) is 27.0. The smallest absolute Gasteiger partial charge is 0.252 e. The lowest BCUT2D eigenvalue weighted by atomic mass is 10.0. The first kappa shape index (κ1) is 37.3. The van der Waals surface area contributed by atoms with Crippen LogP contribution in [0.2, 0.25) is 0 Å². The summed E-state index contributed by atoms with van der Waals surface area (Å²) in [5.41, 5.74) is 0.369. The van der Waals surface area contributed by atoms with Crippen LogP contribution in [0.5, 0.6) is 0 Å². The Morgan fingerprint density at radius 3 is 2.12 bits per heavy atom. The summed E-state index contributed by atoms with van der Waals surface area (Å²) in [7, 11) is 3.05. The monoisotopic (exact) mass is 606 g/mol. The van der Waals surface area contributed by atoms with Crippen LogP contribution in [0.4, 0.5) is 0 Å². The molecule has 0 aromatic carbocycles. The van der Waals surface area contributed by atoms with E-state index in [0.29, 0.717) is 37.9 Å². The van der Waals surface area contributed by atoms with Crippen LogP contribution in [0.15, 0.2) is 24.5 Å². The van der Waals surface area contributed by atoms with Crippen LogP contribution < -0.4 is 36.2 Å². The van der Waals surface area contributed by atoms with Gasteiger partial charge < -0.3 is 31.5 Å². The number of nitrogens with zero attached hydrogens (tertiary/aromatic N) is 2. The summed E-state index contributed by atoms with van der Waals surface area (Å²) in [4.78, 5) is 70.0. The van der Waals surface area contributed by atoms with Gasteiger partial charge in [-0.3, -0.25) is 28.8 Å². The number of rotatable bonds is 19. The highest BCUT2D eigenvalue weighted by Gasteiger charge is 2.29. The van der Waals surface area contributed by atoms with Crippen molar-refractivity contribution in [2.45, 2.75) is 78.9 Å². The van der Waals surface area contributed by atoms with Gasteiger partial charge in [-0.1, -0.05) is 41.0 Å². The molecule has 0 radical (unpaired) electrons. The molecule has 0 saturated carbocycles. The molecule has 0 bridgehead atoms. The van der Waals surface area contributed by atoms with Crippen molar-refractivity contribution in [3.63, 3.8) is 0 Å². The number of likely N-dealkylation sites (N-methyl/N-ethyl adjacent to an activating group) is 2. The fourth-order valence-corrected chi connectivity index (χ4v) is 4.48. The highest BCUT2D eigenvalue weighted by molar-refractivity contribution is 5.97. The van der Waals surface area contributed by atoms with Gasteiger partial charge in [-0.05, 0) is 31.6 Å². The van der Waals surface area contributed by atoms with Crippen molar-refractivity contribution in [3.8, 4) is 0 Å². The largest absolute Gasteiger partial charge is 0.355 e. The molecule has 0 saturated heterocycles. The molecule has 43 heavy (non-hydrogen) atoms. The zero-order chi connectivity index (χ0) is 32.5. The third-order valence-corrected chi connectivity index (χ3v) is 6.80. The number of hydrogen-bond donors (Lipinski definition) is 5. The molecule has 0 spiro atoms. The van der Waals surface area contributed by atoms with Crippen LogP contribution >= 0.6 is 0 Å². The van der Waals surface area contributed by atoms with Crippen molar-refractivity contribution in [2.75, 3.05) is 40.3 Å². The first-order valence-electron chi connectivity index (χ1n) is 15.0. The molecular formula is C30H52N7O6+. The predicted octanol–water partition coefficient (Wildman–Crippen LogP) is -0.213. The Kier molecular flexibility index (Phi) is 16.9. The molecule has 13 heteroatoms. The fourth-order valence-electron chi connectivity index (χ4n) is 4.48. The first-order valence-corrected chi connectivity index (χ1v) is 15.0. The fraction of sp³-hybridized carbons (Fsp3) is 0.667. The number of amides is 5. The Morgan fingerprint density at radius 2 is 1.58 bits per heavy atom. The van der Waals surface area contributed by atoms with E-state index in [-0.39, 0.29) is 48.7 Å². The number of pyridine rings is 1. The van der Waals surface area contributed by atoms with Gasteiger partial charge in [-0.15, -0.1) is 0 Å². The minimum absolute atomic E-state index is 0.0174. The summed E-state index contributed by atoms with van der Waals surface area (Å²) < 4.78 is 1.43. The summed E-state index contributed by atoms with van der Waals surface area (Å²) in [5, 5.41) is 14.3. The summed E-state index contributed by atoms with van der Waals surface area (Å²) in [6.45, 7) is 12.1. The van der Waals surface area contributed by atoms with Crippen molar-refractivity contribution in [1.82, 2.24) is 31.5 Å². The van der Waals surface area contributed by atoms with E-state index in [4.69, 9.17) is 4.84 Å². The molecular weight excluding hydrogens is 554 g/mol. The molecule has 0 fully saturated rings. The third-order valence-electron chi connectivity index (χ3n) is 6.80. The minimum atomic E-state index is -0.728. The highest BCUT2D eigenvalue weighted by Crippen LogP contribution is 2.10. The number of carbonyl (C=O) groups excluding carboxylic acids is 5. The van der Waals surface area contributed by atoms with E-state index in [1.807, 2.05) is 41.5 Å². The maximum Gasteiger partial charge on any atom is 0.252 e. The number of aromatic nitrogens is 1. The number of nitrogens with one attached hydrogen (secondary N) is 5. The van der Waals surface area contributed by atoms with E-state index in [1.54, 1.807) is 31.6 Å². The lowest BCUT2D eigenvalue weighted by Crippen LogP contribution is -2.55. The van der Waals surface area contributed by atoms with E-state index < -0.39 is 23.9 Å². The molecule has 1 aromatic heterocycles. The SMILES string of the molecule is CCCC(C(=O)NC(CNCC(=O)NC(C(=O)NCC)C(C)C)CC(C)C)N(C)C(=O)CNC(=O)c1cc[n+](OC)cc1. The maximum absolute atomic E-state index is 13.4. The Labute approximate surface area is 255 Å². The van der Waals surface area contributed by atoms with Crippen LogP contribution in [0, 0.1) is 11.8 Å². The molecule has 3 atom stereocenters. The molecule has 1 heterocycles. The van der Waals surface area contributed by atoms with Gasteiger partial charge in [0.25, 0.3) is 5.91 Å². The lowest BCUT2D eigenvalue weighted by molar-refractivity contribution is -0.885. The molecule has 0 aliphatic carbocycles. The Bertz CT molecular complexity index is 1050. The molecule has 3 unspecified atom stereocenters. The highest BCUT2D eigenvalue weighted by atomic mass is 16.6. The van der Waals surface area contributed by atoms with Gasteiger partial charge in [0.15, 0.2) is 0 Å². The van der Waals surface area contributed by atoms with E-state index in [9.17, 15) is 24.0 Å². The summed E-state index contributed by atoms with van der Waals surface area (Å²) >= 11 is 0. The van der Waals surface area contributed by atoms with Gasteiger partial charge >= 0.3 is 0 Å². The zero-order valence-electron chi connectivity index (χ0n) is 27.0. The third kappa shape index (κ3) is 13.4. The average Bonchev–Trinajstić information content (AvgIpc) is 2.96. The molecule has 5 amide bonds. The van der Waals surface area contributed by atoms with Crippen molar-refractivity contribution >= 4 is 29.5 Å². The summed E-state index contributed by atoms with van der Waals surface area (Å²) in [6, 6.07) is 1.48. The lowest BCUT2D eigenvalue weighted by Gasteiger charge is -2.30. The topological polar surface area (TPSA) is 162 Å². The minimum Gasteiger partial charge on any atom is -0.355 e. The van der Waals surface area contributed by atoms with Gasteiger partial charge in [0.05, 0.1) is 18.7 Å². The molecule has 242 valence electrons. The molecule has 1 aromatic rings.